The van der Waals surface area contributed by atoms with Crippen LogP contribution in [0.4, 0.5) is 0 Å². The van der Waals surface area contributed by atoms with Crippen molar-refractivity contribution in [2.75, 3.05) is 7.05 Å². The third-order valence-corrected chi connectivity index (χ3v) is 2.52. The lowest BCUT2D eigenvalue weighted by Crippen LogP contribution is -2.26. The number of pyridine rings is 1. The van der Waals surface area contributed by atoms with Crippen LogP contribution < -0.4 is 10.9 Å². The lowest BCUT2D eigenvalue weighted by molar-refractivity contribution is -0.120. The molecular weight excluding hydrogens is 260 g/mol. The molecule has 0 atom stereocenters. The van der Waals surface area contributed by atoms with Crippen molar-refractivity contribution in [3.05, 3.63) is 32.7 Å². The second-order valence-corrected chi connectivity index (χ2v) is 4.18. The predicted octanol–water partition coefficient (Wildman–Crippen LogP) is 1.06. The molecule has 0 aliphatic heterocycles. The van der Waals surface area contributed by atoms with E-state index in [1.807, 2.05) is 0 Å². The molecule has 0 saturated carbocycles. The summed E-state index contributed by atoms with van der Waals surface area (Å²) in [6.45, 7) is 2.16. The lowest BCUT2D eigenvalue weighted by atomic mass is 10.3. The van der Waals surface area contributed by atoms with Gasteiger partial charge in [0.1, 0.15) is 0 Å². The van der Waals surface area contributed by atoms with E-state index in [2.05, 4.69) is 21.2 Å². The number of rotatable bonds is 3. The molecule has 1 aromatic rings. The standard InChI is InChI=1S/C10H13BrN2O2/c1-7-5-8(11)6-13(10(7)15)4-3-9(14)12-2/h5-6H,3-4H2,1-2H3,(H,12,14). The van der Waals surface area contributed by atoms with E-state index < -0.39 is 0 Å². The van der Waals surface area contributed by atoms with Crippen molar-refractivity contribution >= 4 is 21.8 Å². The minimum absolute atomic E-state index is 0.0536. The summed E-state index contributed by atoms with van der Waals surface area (Å²) in [4.78, 5) is 22.7. The molecule has 0 aliphatic carbocycles. The van der Waals surface area contributed by atoms with E-state index in [1.54, 1.807) is 26.2 Å². The van der Waals surface area contributed by atoms with Crippen molar-refractivity contribution in [1.29, 1.82) is 0 Å². The van der Waals surface area contributed by atoms with Crippen LogP contribution in [0.15, 0.2) is 21.5 Å². The monoisotopic (exact) mass is 272 g/mol. The second kappa shape index (κ2) is 5.11. The average molecular weight is 273 g/mol. The maximum Gasteiger partial charge on any atom is 0.253 e. The minimum atomic E-state index is -0.0699. The molecule has 1 aromatic heterocycles. The Hall–Kier alpha value is -1.10. The van der Waals surface area contributed by atoms with E-state index in [9.17, 15) is 9.59 Å². The molecule has 0 fully saturated rings. The van der Waals surface area contributed by atoms with Gasteiger partial charge in [0.2, 0.25) is 5.91 Å². The Balaban J connectivity index is 2.86. The summed E-state index contributed by atoms with van der Waals surface area (Å²) in [5.74, 6) is -0.0699. The summed E-state index contributed by atoms with van der Waals surface area (Å²) in [5, 5.41) is 2.52. The highest BCUT2D eigenvalue weighted by atomic mass is 79.9. The van der Waals surface area contributed by atoms with Crippen molar-refractivity contribution in [1.82, 2.24) is 9.88 Å². The molecule has 0 spiro atoms. The maximum atomic E-state index is 11.6. The normalized spacial score (nSPS) is 10.1. The first kappa shape index (κ1) is 12.0. The van der Waals surface area contributed by atoms with Crippen LogP contribution in [0.1, 0.15) is 12.0 Å². The molecule has 1 amide bonds. The molecule has 0 bridgehead atoms. The van der Waals surface area contributed by atoms with Gasteiger partial charge in [0.25, 0.3) is 5.56 Å². The molecule has 5 heteroatoms. The van der Waals surface area contributed by atoms with Crippen LogP contribution >= 0.6 is 15.9 Å². The van der Waals surface area contributed by atoms with Gasteiger partial charge < -0.3 is 9.88 Å². The van der Waals surface area contributed by atoms with E-state index in [-0.39, 0.29) is 11.5 Å². The number of amides is 1. The van der Waals surface area contributed by atoms with E-state index in [1.165, 1.54) is 4.57 Å². The Bertz CT molecular complexity index is 426. The van der Waals surface area contributed by atoms with Crippen LogP contribution in [0.3, 0.4) is 0 Å². The zero-order chi connectivity index (χ0) is 11.4. The number of aryl methyl sites for hydroxylation is 2. The third-order valence-electron chi connectivity index (χ3n) is 2.09. The van der Waals surface area contributed by atoms with Gasteiger partial charge in [0, 0.05) is 36.2 Å². The predicted molar refractivity (Wildman–Crippen MR) is 61.8 cm³/mol. The van der Waals surface area contributed by atoms with Gasteiger partial charge in [-0.15, -0.1) is 0 Å². The van der Waals surface area contributed by atoms with Crippen LogP contribution in [0.25, 0.3) is 0 Å². The summed E-state index contributed by atoms with van der Waals surface area (Å²) in [6.07, 6.45) is 2.00. The van der Waals surface area contributed by atoms with Crippen LogP contribution in [0.5, 0.6) is 0 Å². The van der Waals surface area contributed by atoms with Gasteiger partial charge in [0.15, 0.2) is 0 Å². The molecule has 0 saturated heterocycles. The fourth-order valence-electron chi connectivity index (χ4n) is 1.25. The Labute approximate surface area is 96.4 Å². The number of nitrogens with zero attached hydrogens (tertiary/aromatic N) is 1. The molecule has 1 N–H and O–H groups in total. The largest absolute Gasteiger partial charge is 0.359 e. The van der Waals surface area contributed by atoms with Gasteiger partial charge in [-0.3, -0.25) is 9.59 Å². The quantitative estimate of drug-likeness (QED) is 0.895. The summed E-state index contributed by atoms with van der Waals surface area (Å²) in [6, 6.07) is 1.76. The van der Waals surface area contributed by atoms with E-state index in [4.69, 9.17) is 0 Å². The second-order valence-electron chi connectivity index (χ2n) is 3.26. The van der Waals surface area contributed by atoms with Gasteiger partial charge in [-0.25, -0.2) is 0 Å². The fraction of sp³-hybridized carbons (Fsp3) is 0.400. The number of halogens is 1. The lowest BCUT2D eigenvalue weighted by Gasteiger charge is -2.06. The number of nitrogens with one attached hydrogen (secondary N) is 1. The minimum Gasteiger partial charge on any atom is -0.359 e. The van der Waals surface area contributed by atoms with Crippen LogP contribution in [0.2, 0.25) is 0 Å². The smallest absolute Gasteiger partial charge is 0.253 e. The number of hydrogen-bond acceptors (Lipinski definition) is 2. The number of hydrogen-bond donors (Lipinski definition) is 1. The zero-order valence-corrected chi connectivity index (χ0v) is 10.3. The molecule has 1 rings (SSSR count). The van der Waals surface area contributed by atoms with Gasteiger partial charge in [0.05, 0.1) is 0 Å². The van der Waals surface area contributed by atoms with E-state index in [0.717, 1.165) is 4.47 Å². The van der Waals surface area contributed by atoms with Crippen molar-refractivity contribution in [2.24, 2.45) is 0 Å². The van der Waals surface area contributed by atoms with Crippen LogP contribution in [0, 0.1) is 6.92 Å². The molecule has 0 radical (unpaired) electrons. The van der Waals surface area contributed by atoms with Crippen molar-refractivity contribution in [2.45, 2.75) is 19.9 Å². The van der Waals surface area contributed by atoms with Crippen LogP contribution in [-0.4, -0.2) is 17.5 Å². The molecule has 0 aliphatic rings. The highest BCUT2D eigenvalue weighted by Gasteiger charge is 2.03. The Morgan fingerprint density at radius 3 is 2.87 bits per heavy atom. The van der Waals surface area contributed by atoms with Gasteiger partial charge >= 0.3 is 0 Å². The van der Waals surface area contributed by atoms with Gasteiger partial charge in [-0.2, -0.15) is 0 Å². The highest BCUT2D eigenvalue weighted by Crippen LogP contribution is 2.08. The fourth-order valence-corrected chi connectivity index (χ4v) is 1.84. The SMILES string of the molecule is CNC(=O)CCn1cc(Br)cc(C)c1=O. The molecule has 15 heavy (non-hydrogen) atoms. The van der Waals surface area contributed by atoms with E-state index in [0.29, 0.717) is 18.5 Å². The summed E-state index contributed by atoms with van der Waals surface area (Å²) >= 11 is 3.31. The average Bonchev–Trinajstić information content (AvgIpc) is 2.20. The molecule has 4 nitrogen and oxygen atoms in total. The topological polar surface area (TPSA) is 51.1 Å². The first-order valence-corrected chi connectivity index (χ1v) is 5.41. The number of carbonyl (C=O) groups excluding carboxylic acids is 1. The Kier molecular flexibility index (Phi) is 4.08. The third kappa shape index (κ3) is 3.20. The zero-order valence-electron chi connectivity index (χ0n) is 8.71. The van der Waals surface area contributed by atoms with Crippen LogP contribution in [-0.2, 0) is 11.3 Å². The summed E-state index contributed by atoms with van der Waals surface area (Å²) < 4.78 is 2.38. The van der Waals surface area contributed by atoms with Gasteiger partial charge in [-0.05, 0) is 28.9 Å². The summed E-state index contributed by atoms with van der Waals surface area (Å²) in [7, 11) is 1.58. The van der Waals surface area contributed by atoms with Gasteiger partial charge in [-0.1, -0.05) is 0 Å². The number of carbonyl (C=O) groups is 1. The molecule has 1 heterocycles. The van der Waals surface area contributed by atoms with Crippen molar-refractivity contribution in [3.8, 4) is 0 Å². The maximum absolute atomic E-state index is 11.6. The molecule has 0 aromatic carbocycles. The first-order chi connectivity index (χ1) is 7.04. The van der Waals surface area contributed by atoms with Crippen molar-refractivity contribution in [3.63, 3.8) is 0 Å². The summed E-state index contributed by atoms with van der Waals surface area (Å²) in [5.41, 5.74) is 0.614. The van der Waals surface area contributed by atoms with E-state index >= 15 is 0 Å². The molecular formula is C10H13BrN2O2. The Morgan fingerprint density at radius 1 is 1.60 bits per heavy atom. The highest BCUT2D eigenvalue weighted by molar-refractivity contribution is 9.10. The number of aromatic nitrogens is 1. The Morgan fingerprint density at radius 2 is 2.27 bits per heavy atom. The molecule has 82 valence electrons. The molecule has 0 unspecified atom stereocenters. The van der Waals surface area contributed by atoms with Crippen molar-refractivity contribution < 1.29 is 4.79 Å². The first-order valence-electron chi connectivity index (χ1n) is 4.61.